The van der Waals surface area contributed by atoms with Gasteiger partial charge in [-0.2, -0.15) is 0 Å². The topological polar surface area (TPSA) is 80.6 Å². The lowest BCUT2D eigenvalue weighted by Crippen LogP contribution is -2.18. The lowest BCUT2D eigenvalue weighted by Gasteiger charge is -2.12. The minimum Gasteiger partial charge on any atom is -0.494 e. The summed E-state index contributed by atoms with van der Waals surface area (Å²) in [5.41, 5.74) is 1.36. The molecule has 2 aromatic carbocycles. The van der Waals surface area contributed by atoms with Gasteiger partial charge in [-0.25, -0.2) is 4.79 Å². The number of nitrogens with one attached hydrogen (secondary N) is 2. The molecular formula is C22H22N2O4. The number of hydrogen-bond acceptors (Lipinski definition) is 5. The largest absolute Gasteiger partial charge is 0.494 e. The van der Waals surface area contributed by atoms with E-state index in [2.05, 4.69) is 10.6 Å². The van der Waals surface area contributed by atoms with Gasteiger partial charge in [0.1, 0.15) is 11.3 Å². The summed E-state index contributed by atoms with van der Waals surface area (Å²) in [6, 6.07) is 14.6. The maximum Gasteiger partial charge on any atom is 0.362 e. The van der Waals surface area contributed by atoms with Crippen molar-refractivity contribution in [2.24, 2.45) is 0 Å². The number of rotatable bonds is 7. The van der Waals surface area contributed by atoms with Crippen molar-refractivity contribution in [1.29, 1.82) is 0 Å². The molecule has 0 aliphatic rings. The summed E-state index contributed by atoms with van der Waals surface area (Å²) in [6.07, 6.45) is 3.04. The first kappa shape index (κ1) is 19.2. The Morgan fingerprint density at radius 3 is 2.54 bits per heavy atom. The van der Waals surface area contributed by atoms with Gasteiger partial charge in [0.2, 0.25) is 5.91 Å². The number of ether oxygens (including phenoxy) is 1. The van der Waals surface area contributed by atoms with Crippen molar-refractivity contribution in [3.8, 4) is 5.75 Å². The molecule has 0 saturated heterocycles. The van der Waals surface area contributed by atoms with Crippen LogP contribution in [0, 0.1) is 0 Å². The third kappa shape index (κ3) is 4.40. The smallest absolute Gasteiger partial charge is 0.362 e. The van der Waals surface area contributed by atoms with Crippen LogP contribution in [0.2, 0.25) is 0 Å². The van der Waals surface area contributed by atoms with Crippen LogP contribution in [0.4, 0.5) is 11.4 Å². The number of carbonyl (C=O) groups excluding carboxylic acids is 1. The van der Waals surface area contributed by atoms with Crippen LogP contribution in [0.3, 0.4) is 0 Å². The van der Waals surface area contributed by atoms with E-state index in [0.29, 0.717) is 24.4 Å². The number of anilines is 2. The number of amides is 1. The molecule has 6 heteroatoms. The van der Waals surface area contributed by atoms with E-state index in [-0.39, 0.29) is 5.69 Å². The second-order valence-electron chi connectivity index (χ2n) is 5.99. The van der Waals surface area contributed by atoms with Crippen LogP contribution >= 0.6 is 0 Å². The van der Waals surface area contributed by atoms with Crippen LogP contribution in [-0.4, -0.2) is 19.1 Å². The van der Waals surface area contributed by atoms with Gasteiger partial charge in [-0.1, -0.05) is 24.3 Å². The summed E-state index contributed by atoms with van der Waals surface area (Å²) in [5, 5.41) is 6.51. The second kappa shape index (κ2) is 8.90. The summed E-state index contributed by atoms with van der Waals surface area (Å²) in [7, 11) is 0. The van der Waals surface area contributed by atoms with Crippen LogP contribution < -0.4 is 21.0 Å². The maximum atomic E-state index is 12.4. The summed E-state index contributed by atoms with van der Waals surface area (Å²) >= 11 is 0. The first-order valence-corrected chi connectivity index (χ1v) is 9.14. The van der Waals surface area contributed by atoms with Gasteiger partial charge in [0, 0.05) is 18.0 Å². The molecule has 144 valence electrons. The van der Waals surface area contributed by atoms with Gasteiger partial charge in [-0.05, 0) is 49.8 Å². The predicted molar refractivity (Wildman–Crippen MR) is 112 cm³/mol. The molecule has 3 aromatic rings. The van der Waals surface area contributed by atoms with E-state index in [9.17, 15) is 9.59 Å². The summed E-state index contributed by atoms with van der Waals surface area (Å²) in [6.45, 7) is 5.03. The van der Waals surface area contributed by atoms with E-state index in [4.69, 9.17) is 9.15 Å². The highest BCUT2D eigenvalue weighted by Crippen LogP contribution is 2.28. The highest BCUT2D eigenvalue weighted by molar-refractivity contribution is 6.07. The molecule has 0 bridgehead atoms. The minimum atomic E-state index is -0.600. The first-order valence-electron chi connectivity index (χ1n) is 9.14. The second-order valence-corrected chi connectivity index (χ2v) is 5.99. The van der Waals surface area contributed by atoms with Crippen molar-refractivity contribution < 1.29 is 13.9 Å². The number of benzene rings is 2. The zero-order valence-corrected chi connectivity index (χ0v) is 15.8. The van der Waals surface area contributed by atoms with E-state index in [1.54, 1.807) is 18.2 Å². The molecule has 1 heterocycles. The van der Waals surface area contributed by atoms with Crippen LogP contribution in [0.1, 0.15) is 19.4 Å². The lowest BCUT2D eigenvalue weighted by molar-refractivity contribution is -0.111. The lowest BCUT2D eigenvalue weighted by atomic mass is 10.1. The average Bonchev–Trinajstić information content (AvgIpc) is 2.70. The number of hydrogen-bond donors (Lipinski definition) is 2. The molecule has 1 amide bonds. The third-order valence-electron chi connectivity index (χ3n) is 4.03. The number of fused-ring (bicyclic) bond motifs is 1. The van der Waals surface area contributed by atoms with E-state index in [0.717, 1.165) is 16.7 Å². The molecule has 1 aromatic heterocycles. The summed E-state index contributed by atoms with van der Waals surface area (Å²) in [4.78, 5) is 24.7. The minimum absolute atomic E-state index is 0.0990. The Balaban J connectivity index is 1.83. The summed E-state index contributed by atoms with van der Waals surface area (Å²) in [5.74, 6) is 0.351. The molecule has 2 N–H and O–H groups in total. The standard InChI is InChI=1S/C22H22N2O4/c1-3-23-20-17-7-5-6-8-18(17)28-22(26)21(20)24-19(25)14-11-15-9-12-16(13-10-15)27-4-2/h5-14,23H,3-4H2,1-2H3,(H,24,25)/b14-11+. The first-order chi connectivity index (χ1) is 13.6. The number of para-hydroxylation sites is 1. The van der Waals surface area contributed by atoms with Crippen LogP contribution in [0.15, 0.2) is 63.8 Å². The van der Waals surface area contributed by atoms with Crippen LogP contribution in [0.25, 0.3) is 17.0 Å². The summed E-state index contributed by atoms with van der Waals surface area (Å²) < 4.78 is 10.7. The Hall–Kier alpha value is -3.54. The maximum absolute atomic E-state index is 12.4. The highest BCUT2D eigenvalue weighted by Gasteiger charge is 2.15. The fraction of sp³-hybridized carbons (Fsp3) is 0.182. The van der Waals surface area contributed by atoms with Gasteiger partial charge in [-0.3, -0.25) is 4.79 Å². The Kier molecular flexibility index (Phi) is 6.11. The Morgan fingerprint density at radius 2 is 1.82 bits per heavy atom. The Labute approximate surface area is 162 Å². The Morgan fingerprint density at radius 1 is 1.07 bits per heavy atom. The molecule has 0 aliphatic heterocycles. The molecule has 0 unspecified atom stereocenters. The molecule has 0 spiro atoms. The fourth-order valence-electron chi connectivity index (χ4n) is 2.80. The van der Waals surface area contributed by atoms with E-state index >= 15 is 0 Å². The normalized spacial score (nSPS) is 10.9. The van der Waals surface area contributed by atoms with Gasteiger partial charge in [0.25, 0.3) is 0 Å². The van der Waals surface area contributed by atoms with Crippen molar-refractivity contribution in [2.45, 2.75) is 13.8 Å². The van der Waals surface area contributed by atoms with Crippen molar-refractivity contribution in [3.05, 3.63) is 70.6 Å². The zero-order valence-electron chi connectivity index (χ0n) is 15.8. The van der Waals surface area contributed by atoms with Crippen molar-refractivity contribution in [3.63, 3.8) is 0 Å². The molecule has 0 aliphatic carbocycles. The van der Waals surface area contributed by atoms with Crippen molar-refractivity contribution >= 4 is 34.3 Å². The number of carbonyl (C=O) groups is 1. The highest BCUT2D eigenvalue weighted by atomic mass is 16.5. The van der Waals surface area contributed by atoms with Crippen LogP contribution in [0.5, 0.6) is 5.75 Å². The molecule has 0 fully saturated rings. The van der Waals surface area contributed by atoms with Gasteiger partial charge in [0.15, 0.2) is 5.69 Å². The predicted octanol–water partition coefficient (Wildman–Crippen LogP) is 4.28. The SMILES string of the molecule is CCNc1c(NC(=O)/C=C/c2ccc(OCC)cc2)c(=O)oc2ccccc12. The van der Waals surface area contributed by atoms with Gasteiger partial charge >= 0.3 is 5.63 Å². The average molecular weight is 378 g/mol. The Bertz CT molecular complexity index is 1050. The molecule has 0 saturated carbocycles. The monoisotopic (exact) mass is 378 g/mol. The molecular weight excluding hydrogens is 356 g/mol. The third-order valence-corrected chi connectivity index (χ3v) is 4.03. The molecule has 28 heavy (non-hydrogen) atoms. The van der Waals surface area contributed by atoms with Gasteiger partial charge in [-0.15, -0.1) is 0 Å². The molecule has 0 radical (unpaired) electrons. The van der Waals surface area contributed by atoms with E-state index in [1.807, 2.05) is 50.2 Å². The quantitative estimate of drug-likeness (QED) is 0.474. The molecule has 3 rings (SSSR count). The van der Waals surface area contributed by atoms with Gasteiger partial charge in [0.05, 0.1) is 12.3 Å². The molecule has 0 atom stereocenters. The van der Waals surface area contributed by atoms with Crippen molar-refractivity contribution in [2.75, 3.05) is 23.8 Å². The van der Waals surface area contributed by atoms with E-state index in [1.165, 1.54) is 6.08 Å². The van der Waals surface area contributed by atoms with Crippen molar-refractivity contribution in [1.82, 2.24) is 0 Å². The van der Waals surface area contributed by atoms with Crippen LogP contribution in [-0.2, 0) is 4.79 Å². The van der Waals surface area contributed by atoms with Gasteiger partial charge < -0.3 is 19.8 Å². The zero-order chi connectivity index (χ0) is 19.9. The van der Waals surface area contributed by atoms with E-state index < -0.39 is 11.5 Å². The molecule has 6 nitrogen and oxygen atoms in total. The fourth-order valence-corrected chi connectivity index (χ4v) is 2.80.